The number of aromatic nitrogens is 1. The van der Waals surface area contributed by atoms with E-state index in [1.54, 1.807) is 18.2 Å². The molecule has 3 N–H and O–H groups in total. The molecular weight excluding hydrogens is 334 g/mol. The van der Waals surface area contributed by atoms with Crippen molar-refractivity contribution in [2.24, 2.45) is 5.73 Å². The summed E-state index contributed by atoms with van der Waals surface area (Å²) in [7, 11) is 0. The highest BCUT2D eigenvalue weighted by Gasteiger charge is 2.16. The predicted octanol–water partition coefficient (Wildman–Crippen LogP) is 5.56. The largest absolute Gasteiger partial charge is 0.352 e. The highest BCUT2D eigenvalue weighted by molar-refractivity contribution is 6.42. The predicted molar refractivity (Wildman–Crippen MR) is 95.7 cm³/mol. The second kappa shape index (κ2) is 6.91. The fraction of sp³-hybridized carbons (Fsp3) is 0.222. The van der Waals surface area contributed by atoms with Crippen LogP contribution in [-0.2, 0) is 6.42 Å². The summed E-state index contributed by atoms with van der Waals surface area (Å²) in [6.45, 7) is 0.652. The van der Waals surface area contributed by atoms with E-state index in [0.717, 1.165) is 41.5 Å². The van der Waals surface area contributed by atoms with Crippen molar-refractivity contribution in [1.82, 2.24) is 4.98 Å². The third-order valence-corrected chi connectivity index (χ3v) is 4.72. The van der Waals surface area contributed by atoms with Crippen LogP contribution in [0.3, 0.4) is 0 Å². The van der Waals surface area contributed by atoms with E-state index in [1.165, 1.54) is 6.07 Å². The molecule has 1 aromatic heterocycles. The van der Waals surface area contributed by atoms with E-state index in [0.29, 0.717) is 22.1 Å². The van der Waals surface area contributed by atoms with Crippen LogP contribution in [0.25, 0.3) is 22.2 Å². The number of aryl methyl sites for hydroxylation is 1. The molecule has 0 aliphatic rings. The summed E-state index contributed by atoms with van der Waals surface area (Å²) in [5, 5.41) is 1.89. The third kappa shape index (κ3) is 3.23. The molecule has 2 aromatic carbocycles. The zero-order chi connectivity index (χ0) is 16.4. The Morgan fingerprint density at radius 3 is 2.61 bits per heavy atom. The summed E-state index contributed by atoms with van der Waals surface area (Å²) in [6, 6.07) is 10.6. The molecule has 0 saturated heterocycles. The average molecular weight is 351 g/mol. The molecule has 23 heavy (non-hydrogen) atoms. The molecule has 0 aliphatic heterocycles. The Hall–Kier alpha value is -1.55. The van der Waals surface area contributed by atoms with Crippen LogP contribution in [0.15, 0.2) is 36.4 Å². The van der Waals surface area contributed by atoms with Gasteiger partial charge in [0.1, 0.15) is 5.82 Å². The van der Waals surface area contributed by atoms with E-state index in [1.807, 2.05) is 12.1 Å². The maximum absolute atomic E-state index is 14.1. The van der Waals surface area contributed by atoms with Crippen LogP contribution in [0.4, 0.5) is 4.39 Å². The molecule has 0 spiro atoms. The van der Waals surface area contributed by atoms with E-state index >= 15 is 0 Å². The van der Waals surface area contributed by atoms with Gasteiger partial charge in [0.25, 0.3) is 0 Å². The number of nitrogens with one attached hydrogen (secondary N) is 1. The molecule has 0 aliphatic carbocycles. The van der Waals surface area contributed by atoms with Crippen molar-refractivity contribution in [2.45, 2.75) is 19.3 Å². The summed E-state index contributed by atoms with van der Waals surface area (Å²) < 4.78 is 14.1. The van der Waals surface area contributed by atoms with Crippen LogP contribution in [0.2, 0.25) is 10.0 Å². The Kier molecular flexibility index (Phi) is 4.90. The van der Waals surface area contributed by atoms with Crippen LogP contribution >= 0.6 is 23.2 Å². The smallest absolute Gasteiger partial charge is 0.147 e. The van der Waals surface area contributed by atoms with Crippen LogP contribution in [0.1, 0.15) is 18.4 Å². The van der Waals surface area contributed by atoms with Crippen molar-refractivity contribution < 1.29 is 4.39 Å². The molecule has 0 fully saturated rings. The number of hydrogen-bond donors (Lipinski definition) is 2. The zero-order valence-electron chi connectivity index (χ0n) is 12.5. The van der Waals surface area contributed by atoms with Gasteiger partial charge < -0.3 is 10.7 Å². The van der Waals surface area contributed by atoms with Gasteiger partial charge in [-0.05, 0) is 55.1 Å². The number of fused-ring (bicyclic) bond motifs is 1. The lowest BCUT2D eigenvalue weighted by atomic mass is 10.0. The molecular formula is C18H17Cl2FN2. The number of rotatable bonds is 5. The molecule has 0 radical (unpaired) electrons. The summed E-state index contributed by atoms with van der Waals surface area (Å²) in [5.74, 6) is -0.256. The average Bonchev–Trinajstić information content (AvgIpc) is 2.91. The molecule has 1 heterocycles. The lowest BCUT2D eigenvalue weighted by molar-refractivity contribution is 0.637. The third-order valence-electron chi connectivity index (χ3n) is 3.98. The Bertz CT molecular complexity index is 842. The van der Waals surface area contributed by atoms with E-state index < -0.39 is 0 Å². The minimum absolute atomic E-state index is 0.256. The van der Waals surface area contributed by atoms with Crippen molar-refractivity contribution >= 4 is 34.1 Å². The topological polar surface area (TPSA) is 41.8 Å². The number of para-hydroxylation sites is 1. The fourth-order valence-electron chi connectivity index (χ4n) is 2.84. The Labute approximate surface area is 144 Å². The number of unbranched alkanes of at least 4 members (excludes halogenated alkanes) is 1. The minimum Gasteiger partial charge on any atom is -0.352 e. The van der Waals surface area contributed by atoms with Crippen molar-refractivity contribution in [3.8, 4) is 11.3 Å². The summed E-state index contributed by atoms with van der Waals surface area (Å²) in [6.07, 6.45) is 2.72. The summed E-state index contributed by atoms with van der Waals surface area (Å²) in [5.41, 5.74) is 8.99. The maximum Gasteiger partial charge on any atom is 0.147 e. The quantitative estimate of drug-likeness (QED) is 0.581. The van der Waals surface area contributed by atoms with Crippen LogP contribution in [-0.4, -0.2) is 11.5 Å². The molecule has 2 nitrogen and oxygen atoms in total. The molecule has 0 unspecified atom stereocenters. The monoisotopic (exact) mass is 350 g/mol. The van der Waals surface area contributed by atoms with Crippen LogP contribution in [0.5, 0.6) is 0 Å². The van der Waals surface area contributed by atoms with E-state index in [4.69, 9.17) is 28.9 Å². The molecule has 120 valence electrons. The minimum atomic E-state index is -0.256. The summed E-state index contributed by atoms with van der Waals surface area (Å²) in [4.78, 5) is 3.21. The van der Waals surface area contributed by atoms with Crippen molar-refractivity contribution in [1.29, 1.82) is 0 Å². The Balaban J connectivity index is 2.15. The number of aromatic amines is 1. The molecule has 3 rings (SSSR count). The number of halogens is 3. The van der Waals surface area contributed by atoms with Gasteiger partial charge >= 0.3 is 0 Å². The zero-order valence-corrected chi connectivity index (χ0v) is 14.0. The van der Waals surface area contributed by atoms with Gasteiger partial charge in [0, 0.05) is 11.1 Å². The van der Waals surface area contributed by atoms with Crippen LogP contribution in [0, 0.1) is 5.82 Å². The van der Waals surface area contributed by atoms with Gasteiger partial charge in [-0.1, -0.05) is 41.4 Å². The van der Waals surface area contributed by atoms with Gasteiger partial charge in [0.2, 0.25) is 0 Å². The van der Waals surface area contributed by atoms with Gasteiger partial charge in [0.15, 0.2) is 0 Å². The molecule has 3 aromatic rings. The molecule has 0 atom stereocenters. The van der Waals surface area contributed by atoms with Gasteiger partial charge in [-0.25, -0.2) is 4.39 Å². The standard InChI is InChI=1S/C18H17Cl2FN2/c19-14-8-7-11(10-15(14)20)17-12(4-1-2-9-22)13-5-3-6-16(21)18(13)23-17/h3,5-8,10,23H,1-2,4,9,22H2. The lowest BCUT2D eigenvalue weighted by Gasteiger charge is -2.06. The van der Waals surface area contributed by atoms with Crippen molar-refractivity contribution in [2.75, 3.05) is 6.54 Å². The summed E-state index contributed by atoms with van der Waals surface area (Å²) >= 11 is 12.1. The maximum atomic E-state index is 14.1. The van der Waals surface area contributed by atoms with Crippen molar-refractivity contribution in [3.05, 3.63) is 57.8 Å². The molecule has 0 amide bonds. The highest BCUT2D eigenvalue weighted by atomic mass is 35.5. The van der Waals surface area contributed by atoms with Crippen LogP contribution < -0.4 is 5.73 Å². The first-order chi connectivity index (χ1) is 11.1. The second-order valence-electron chi connectivity index (χ2n) is 5.52. The Morgan fingerprint density at radius 1 is 1.04 bits per heavy atom. The number of nitrogens with two attached hydrogens (primary N) is 1. The van der Waals surface area contributed by atoms with E-state index in [2.05, 4.69) is 4.98 Å². The normalized spacial score (nSPS) is 11.3. The molecule has 0 saturated carbocycles. The SMILES string of the molecule is NCCCCc1c(-c2ccc(Cl)c(Cl)c2)[nH]c2c(F)cccc12. The highest BCUT2D eigenvalue weighted by Crippen LogP contribution is 2.35. The number of H-pyrrole nitrogens is 1. The molecule has 0 bridgehead atoms. The fourth-order valence-corrected chi connectivity index (χ4v) is 3.14. The Morgan fingerprint density at radius 2 is 1.87 bits per heavy atom. The van der Waals surface area contributed by atoms with Gasteiger partial charge in [-0.3, -0.25) is 0 Å². The lowest BCUT2D eigenvalue weighted by Crippen LogP contribution is -1.99. The first kappa shape index (κ1) is 16.3. The van der Waals surface area contributed by atoms with Gasteiger partial charge in [-0.2, -0.15) is 0 Å². The van der Waals surface area contributed by atoms with E-state index in [-0.39, 0.29) is 5.82 Å². The van der Waals surface area contributed by atoms with Gasteiger partial charge in [0.05, 0.1) is 15.6 Å². The first-order valence-electron chi connectivity index (χ1n) is 7.56. The second-order valence-corrected chi connectivity index (χ2v) is 6.33. The molecule has 5 heteroatoms. The number of hydrogen-bond acceptors (Lipinski definition) is 1. The van der Waals surface area contributed by atoms with E-state index in [9.17, 15) is 4.39 Å². The first-order valence-corrected chi connectivity index (χ1v) is 8.32. The van der Waals surface area contributed by atoms with Gasteiger partial charge in [-0.15, -0.1) is 0 Å². The van der Waals surface area contributed by atoms with Crippen molar-refractivity contribution in [3.63, 3.8) is 0 Å². The number of benzene rings is 2.